The Bertz CT molecular complexity index is 1110. The van der Waals surface area contributed by atoms with Crippen molar-refractivity contribution in [1.82, 2.24) is 9.29 Å². The van der Waals surface area contributed by atoms with E-state index in [0.717, 1.165) is 19.3 Å². The number of benzene rings is 1. The highest BCUT2D eigenvalue weighted by atomic mass is 32.2. The highest BCUT2D eigenvalue weighted by Gasteiger charge is 2.26. The Labute approximate surface area is 181 Å². The molecule has 31 heavy (non-hydrogen) atoms. The van der Waals surface area contributed by atoms with Gasteiger partial charge in [-0.2, -0.15) is 4.31 Å². The molecule has 0 unspecified atom stereocenters. The molecule has 1 aliphatic rings. The molecule has 1 saturated heterocycles. The molecule has 8 nitrogen and oxygen atoms in total. The van der Waals surface area contributed by atoms with E-state index in [0.29, 0.717) is 29.9 Å². The molecule has 1 aromatic heterocycles. The first kappa shape index (κ1) is 22.9. The van der Waals surface area contributed by atoms with Crippen LogP contribution in [0.4, 0.5) is 0 Å². The monoisotopic (exact) mass is 446 g/mol. The number of H-pyrrole nitrogens is 1. The van der Waals surface area contributed by atoms with Crippen molar-refractivity contribution in [2.45, 2.75) is 44.9 Å². The van der Waals surface area contributed by atoms with Crippen molar-refractivity contribution in [3.63, 3.8) is 0 Å². The number of aryl methyl sites for hydroxylation is 1. The van der Waals surface area contributed by atoms with Crippen molar-refractivity contribution < 1.29 is 27.5 Å². The second kappa shape index (κ2) is 9.15. The maximum absolute atomic E-state index is 12.7. The number of sulfonamides is 1. The molecule has 2 heterocycles. The summed E-state index contributed by atoms with van der Waals surface area (Å²) in [5.74, 6) is -1.35. The predicted octanol–water partition coefficient (Wildman–Crippen LogP) is 3.05. The number of aromatic amines is 1. The van der Waals surface area contributed by atoms with Crippen LogP contribution in [0.25, 0.3) is 0 Å². The third-order valence-corrected chi connectivity index (χ3v) is 7.37. The minimum atomic E-state index is -3.57. The number of hydrogen-bond acceptors (Lipinski definition) is 6. The standard InChI is InChI=1S/C22H26N2O6S/c1-14-20(16(3)25)15(2)23-21(14)22(27)30-13-19(26)17-7-9-18(10-8-17)31(28,29)24-11-5-4-6-12-24/h7-10,23H,4-6,11-13H2,1-3H3. The van der Waals surface area contributed by atoms with E-state index in [4.69, 9.17) is 4.74 Å². The summed E-state index contributed by atoms with van der Waals surface area (Å²) in [6, 6.07) is 5.64. The topological polar surface area (TPSA) is 114 Å². The van der Waals surface area contributed by atoms with Crippen LogP contribution in [-0.4, -0.2) is 54.9 Å². The van der Waals surface area contributed by atoms with E-state index < -0.39 is 28.4 Å². The number of Topliss-reactive ketones (excluding diaryl/α,β-unsaturated/α-hetero) is 2. The van der Waals surface area contributed by atoms with Crippen LogP contribution in [0.15, 0.2) is 29.2 Å². The van der Waals surface area contributed by atoms with Crippen LogP contribution in [0.3, 0.4) is 0 Å². The Morgan fingerprint density at radius 1 is 1.03 bits per heavy atom. The maximum Gasteiger partial charge on any atom is 0.355 e. The van der Waals surface area contributed by atoms with Crippen LogP contribution >= 0.6 is 0 Å². The van der Waals surface area contributed by atoms with Gasteiger partial charge in [-0.1, -0.05) is 6.42 Å². The first-order valence-corrected chi connectivity index (χ1v) is 11.6. The van der Waals surface area contributed by atoms with Crippen molar-refractivity contribution in [3.05, 3.63) is 52.3 Å². The van der Waals surface area contributed by atoms with Crippen molar-refractivity contribution >= 4 is 27.6 Å². The molecule has 0 saturated carbocycles. The number of nitrogens with zero attached hydrogens (tertiary/aromatic N) is 1. The second-order valence-corrected chi connectivity index (χ2v) is 9.61. The summed E-state index contributed by atoms with van der Waals surface area (Å²) in [4.78, 5) is 39.4. The fourth-order valence-electron chi connectivity index (χ4n) is 3.84. The molecular formula is C22H26N2O6S. The van der Waals surface area contributed by atoms with Gasteiger partial charge in [0.05, 0.1) is 4.90 Å². The van der Waals surface area contributed by atoms with E-state index in [1.165, 1.54) is 35.5 Å². The first-order chi connectivity index (χ1) is 14.6. The highest BCUT2D eigenvalue weighted by molar-refractivity contribution is 7.89. The van der Waals surface area contributed by atoms with Gasteiger partial charge in [0.1, 0.15) is 5.69 Å². The number of carbonyl (C=O) groups is 3. The number of nitrogens with one attached hydrogen (secondary N) is 1. The van der Waals surface area contributed by atoms with Crippen LogP contribution in [0.5, 0.6) is 0 Å². The third kappa shape index (κ3) is 4.77. The zero-order valence-electron chi connectivity index (χ0n) is 17.9. The van der Waals surface area contributed by atoms with Crippen LogP contribution in [0.2, 0.25) is 0 Å². The number of hydrogen-bond donors (Lipinski definition) is 1. The quantitative estimate of drug-likeness (QED) is 0.517. The van der Waals surface area contributed by atoms with Gasteiger partial charge in [0.15, 0.2) is 18.2 Å². The lowest BCUT2D eigenvalue weighted by molar-refractivity contribution is 0.0468. The number of ether oxygens (including phenoxy) is 1. The summed E-state index contributed by atoms with van der Waals surface area (Å²) in [5, 5.41) is 0. The fraction of sp³-hybridized carbons (Fsp3) is 0.409. The lowest BCUT2D eigenvalue weighted by Crippen LogP contribution is -2.35. The lowest BCUT2D eigenvalue weighted by atomic mass is 10.1. The van der Waals surface area contributed by atoms with Gasteiger partial charge in [-0.3, -0.25) is 9.59 Å². The molecule has 0 amide bonds. The van der Waals surface area contributed by atoms with E-state index in [9.17, 15) is 22.8 Å². The predicted molar refractivity (Wildman–Crippen MR) is 114 cm³/mol. The average Bonchev–Trinajstić information content (AvgIpc) is 3.06. The minimum absolute atomic E-state index is 0.136. The Morgan fingerprint density at radius 3 is 2.19 bits per heavy atom. The van der Waals surface area contributed by atoms with Gasteiger partial charge < -0.3 is 9.72 Å². The number of esters is 1. The maximum atomic E-state index is 12.7. The molecule has 1 aliphatic heterocycles. The summed E-state index contributed by atoms with van der Waals surface area (Å²) in [6.07, 6.45) is 2.71. The molecule has 0 aliphatic carbocycles. The SMILES string of the molecule is CC(=O)c1c(C)[nH]c(C(=O)OCC(=O)c2ccc(S(=O)(=O)N3CCCCC3)cc2)c1C. The first-order valence-electron chi connectivity index (χ1n) is 10.1. The summed E-state index contributed by atoms with van der Waals surface area (Å²) in [6.45, 7) is 5.25. The third-order valence-electron chi connectivity index (χ3n) is 5.46. The molecule has 166 valence electrons. The van der Waals surface area contributed by atoms with E-state index in [1.54, 1.807) is 13.8 Å². The summed E-state index contributed by atoms with van der Waals surface area (Å²) in [7, 11) is -3.57. The van der Waals surface area contributed by atoms with Crippen LogP contribution in [0.1, 0.15) is 68.6 Å². The summed E-state index contributed by atoms with van der Waals surface area (Å²) >= 11 is 0. The zero-order chi connectivity index (χ0) is 22.8. The van der Waals surface area contributed by atoms with Crippen LogP contribution < -0.4 is 0 Å². The molecule has 9 heteroatoms. The number of aromatic nitrogens is 1. The number of carbonyl (C=O) groups excluding carboxylic acids is 3. The molecule has 1 fully saturated rings. The van der Waals surface area contributed by atoms with E-state index >= 15 is 0 Å². The second-order valence-electron chi connectivity index (χ2n) is 7.67. The van der Waals surface area contributed by atoms with Crippen molar-refractivity contribution in [3.8, 4) is 0 Å². The number of rotatable bonds is 7. The molecule has 3 rings (SSSR count). The summed E-state index contributed by atoms with van der Waals surface area (Å²) in [5.41, 5.74) is 1.86. The summed E-state index contributed by atoms with van der Waals surface area (Å²) < 4.78 is 32.0. The van der Waals surface area contributed by atoms with Crippen molar-refractivity contribution in [2.24, 2.45) is 0 Å². The molecule has 0 atom stereocenters. The molecular weight excluding hydrogens is 420 g/mol. The number of piperidine rings is 1. The Morgan fingerprint density at radius 2 is 1.65 bits per heavy atom. The largest absolute Gasteiger partial charge is 0.453 e. The highest BCUT2D eigenvalue weighted by Crippen LogP contribution is 2.22. The molecule has 1 aromatic carbocycles. The average molecular weight is 447 g/mol. The Hall–Kier alpha value is -2.78. The molecule has 2 aromatic rings. The van der Waals surface area contributed by atoms with Gasteiger partial charge in [-0.25, -0.2) is 13.2 Å². The van der Waals surface area contributed by atoms with Gasteiger partial charge in [0.25, 0.3) is 0 Å². The van der Waals surface area contributed by atoms with Crippen LogP contribution in [0, 0.1) is 13.8 Å². The zero-order valence-corrected chi connectivity index (χ0v) is 18.7. The van der Waals surface area contributed by atoms with E-state index in [-0.39, 0.29) is 21.9 Å². The van der Waals surface area contributed by atoms with Gasteiger partial charge in [0, 0.05) is 29.9 Å². The number of ketones is 2. The molecule has 0 spiro atoms. The smallest absolute Gasteiger partial charge is 0.355 e. The Kier molecular flexibility index (Phi) is 6.76. The van der Waals surface area contributed by atoms with Crippen molar-refractivity contribution in [2.75, 3.05) is 19.7 Å². The van der Waals surface area contributed by atoms with Crippen LogP contribution in [-0.2, 0) is 14.8 Å². The van der Waals surface area contributed by atoms with Gasteiger partial charge >= 0.3 is 5.97 Å². The van der Waals surface area contributed by atoms with E-state index in [1.807, 2.05) is 0 Å². The molecule has 0 radical (unpaired) electrons. The van der Waals surface area contributed by atoms with Gasteiger partial charge in [0.2, 0.25) is 10.0 Å². The van der Waals surface area contributed by atoms with E-state index in [2.05, 4.69) is 4.98 Å². The van der Waals surface area contributed by atoms with Gasteiger partial charge in [-0.05, 0) is 63.4 Å². The van der Waals surface area contributed by atoms with Crippen molar-refractivity contribution in [1.29, 1.82) is 0 Å². The fourth-order valence-corrected chi connectivity index (χ4v) is 5.35. The molecule has 1 N–H and O–H groups in total. The molecule has 0 bridgehead atoms. The van der Waals surface area contributed by atoms with Gasteiger partial charge in [-0.15, -0.1) is 0 Å². The normalized spacial score (nSPS) is 14.9. The Balaban J connectivity index is 1.66. The minimum Gasteiger partial charge on any atom is -0.453 e. The lowest BCUT2D eigenvalue weighted by Gasteiger charge is -2.25.